The number of ether oxygens (including phenoxy) is 2. The van der Waals surface area contributed by atoms with E-state index in [4.69, 9.17) is 9.47 Å². The van der Waals surface area contributed by atoms with Crippen LogP contribution in [0.3, 0.4) is 0 Å². The highest BCUT2D eigenvalue weighted by Gasteiger charge is 2.29. The molecule has 0 saturated heterocycles. The summed E-state index contributed by atoms with van der Waals surface area (Å²) in [4.78, 5) is 5.37. The van der Waals surface area contributed by atoms with Crippen LogP contribution in [0.5, 0.6) is 11.5 Å². The maximum Gasteiger partial charge on any atom is 0.265 e. The molecule has 2 aliphatic rings. The van der Waals surface area contributed by atoms with E-state index in [0.29, 0.717) is 24.6 Å². The summed E-state index contributed by atoms with van der Waals surface area (Å²) in [7, 11) is -5.02. The molecule has 2 heterocycles. The second kappa shape index (κ2) is 17.9. The molecule has 0 spiro atoms. The van der Waals surface area contributed by atoms with Gasteiger partial charge in [-0.3, -0.25) is 9.11 Å². The molecule has 1 aliphatic carbocycles. The number of nitrogens with zero attached hydrogens (tertiary/aromatic N) is 3. The van der Waals surface area contributed by atoms with E-state index in [9.17, 15) is 25.9 Å². The normalized spacial score (nSPS) is 16.0. The van der Waals surface area contributed by atoms with Gasteiger partial charge in [-0.15, -0.1) is 0 Å². The van der Waals surface area contributed by atoms with Crippen LogP contribution < -0.4 is 23.8 Å². The van der Waals surface area contributed by atoms with Crippen molar-refractivity contribution in [3.63, 3.8) is 0 Å². The van der Waals surface area contributed by atoms with Gasteiger partial charge < -0.3 is 19.3 Å². The topological polar surface area (TPSA) is 138 Å². The van der Waals surface area contributed by atoms with E-state index < -0.39 is 20.2 Å². The summed E-state index contributed by atoms with van der Waals surface area (Å²) in [5.41, 5.74) is 7.05. The first-order valence-corrected chi connectivity index (χ1v) is 23.5. The zero-order valence-electron chi connectivity index (χ0n) is 32.0. The number of hydrogen-bond acceptors (Lipinski definition) is 10. The fourth-order valence-corrected chi connectivity index (χ4v) is 10.3. The largest absolute Gasteiger partial charge is 0.497 e. The van der Waals surface area contributed by atoms with Crippen LogP contribution >= 0.6 is 23.1 Å². The Morgan fingerprint density at radius 3 is 2.07 bits per heavy atom. The summed E-state index contributed by atoms with van der Waals surface area (Å²) in [6, 6.07) is 32.1. The molecule has 7 rings (SSSR count). The summed E-state index contributed by atoms with van der Waals surface area (Å²) < 4.78 is 79.7. The molecule has 0 atom stereocenters. The zero-order valence-corrected chi connectivity index (χ0v) is 35.3. The SMILES string of the molecule is COc1ccc2c(c1)N(CCCS(=O)(=O)O)/C(=C\C=C1/CCC(/C=C/c3sc4ccc(OC)cc4[n+]3CCCS(=O)(=O)O)=C1N(c1ccccc1)c1ccccc1)S2. The molecular formula is C43H44N3O8S4+. The first kappa shape index (κ1) is 41.3. The van der Waals surface area contributed by atoms with Gasteiger partial charge in [0, 0.05) is 41.4 Å². The maximum absolute atomic E-state index is 11.6. The number of aromatic nitrogens is 1. The highest BCUT2D eigenvalue weighted by atomic mass is 32.2. The van der Waals surface area contributed by atoms with Crippen LogP contribution in [-0.4, -0.2) is 58.2 Å². The van der Waals surface area contributed by atoms with E-state index in [1.165, 1.54) is 0 Å². The maximum atomic E-state index is 11.6. The number of anilines is 3. The second-order valence-corrected chi connectivity index (χ2v) is 19.0. The summed E-state index contributed by atoms with van der Waals surface area (Å²) in [6.07, 6.45) is 10.4. The lowest BCUT2D eigenvalue weighted by Gasteiger charge is -2.28. The standard InChI is InChI=1S/C43H43N3O8S4/c1-53-35-19-21-39-37(29-35)44(25-9-27-57(47,48)49)41(55-39)23-17-31-15-16-32(43(31)46(33-11-5-3-6-12-33)34-13-7-4-8-14-34)18-24-42-45(26-10-28-58(50,51)52)38-30-36(54-2)20-22-40(38)56-42/h3-8,11-14,17-24,29-30H,9-10,15-16,25-28H2,1-2H3,(H-,47,48,49,50,51,52)/p+1. The molecule has 0 amide bonds. The van der Waals surface area contributed by atoms with Gasteiger partial charge in [0.15, 0.2) is 6.54 Å². The molecule has 0 radical (unpaired) electrons. The molecule has 4 aromatic carbocycles. The number of methoxy groups -OCH3 is 2. The van der Waals surface area contributed by atoms with Gasteiger partial charge in [0.2, 0.25) is 5.52 Å². The van der Waals surface area contributed by atoms with Crippen LogP contribution in [0.15, 0.2) is 142 Å². The van der Waals surface area contributed by atoms with Gasteiger partial charge in [-0.1, -0.05) is 65.6 Å². The predicted molar refractivity (Wildman–Crippen MR) is 233 cm³/mol. The van der Waals surface area contributed by atoms with E-state index in [-0.39, 0.29) is 24.3 Å². The lowest BCUT2D eigenvalue weighted by molar-refractivity contribution is -0.668. The van der Waals surface area contributed by atoms with Gasteiger partial charge >= 0.3 is 0 Å². The zero-order chi connectivity index (χ0) is 40.9. The Balaban J connectivity index is 1.34. The smallest absolute Gasteiger partial charge is 0.265 e. The van der Waals surface area contributed by atoms with Crippen molar-refractivity contribution >= 4 is 76.7 Å². The third-order valence-corrected chi connectivity index (χ3v) is 13.7. The van der Waals surface area contributed by atoms with Gasteiger partial charge in [-0.05, 0) is 91.1 Å². The number of rotatable bonds is 16. The van der Waals surface area contributed by atoms with Gasteiger partial charge in [-0.25, -0.2) is 0 Å². The van der Waals surface area contributed by atoms with E-state index in [0.717, 1.165) is 71.9 Å². The van der Waals surface area contributed by atoms with Crippen LogP contribution in [0.25, 0.3) is 16.3 Å². The average Bonchev–Trinajstić information content (AvgIpc) is 3.88. The van der Waals surface area contributed by atoms with Crippen molar-refractivity contribution in [2.75, 3.05) is 42.1 Å². The first-order valence-electron chi connectivity index (χ1n) is 18.7. The van der Waals surface area contributed by atoms with Crippen LogP contribution in [0.2, 0.25) is 0 Å². The molecule has 1 aliphatic heterocycles. The van der Waals surface area contributed by atoms with Crippen molar-refractivity contribution in [2.24, 2.45) is 0 Å². The summed E-state index contributed by atoms with van der Waals surface area (Å²) in [6.45, 7) is 0.758. The number of para-hydroxylation sites is 2. The van der Waals surface area contributed by atoms with Gasteiger partial charge in [0.1, 0.15) is 16.2 Å². The van der Waals surface area contributed by atoms with Crippen molar-refractivity contribution in [1.29, 1.82) is 0 Å². The Morgan fingerprint density at radius 2 is 1.41 bits per heavy atom. The Kier molecular flexibility index (Phi) is 12.8. The van der Waals surface area contributed by atoms with Crippen molar-refractivity contribution < 1.29 is 40.0 Å². The molecule has 0 bridgehead atoms. The number of hydrogen-bond donors (Lipinski definition) is 2. The quantitative estimate of drug-likeness (QED) is 0.0727. The number of allylic oxidation sites excluding steroid dienone is 5. The fraction of sp³-hybridized carbons (Fsp3) is 0.233. The predicted octanol–water partition coefficient (Wildman–Crippen LogP) is 9.04. The second-order valence-electron chi connectivity index (χ2n) is 13.7. The summed E-state index contributed by atoms with van der Waals surface area (Å²) >= 11 is 3.19. The highest BCUT2D eigenvalue weighted by molar-refractivity contribution is 8.03. The number of thiazole rings is 1. The minimum absolute atomic E-state index is 0.236. The highest BCUT2D eigenvalue weighted by Crippen LogP contribution is 2.48. The minimum atomic E-state index is -4.12. The lowest BCUT2D eigenvalue weighted by atomic mass is 10.1. The van der Waals surface area contributed by atoms with E-state index in [2.05, 4.69) is 62.9 Å². The van der Waals surface area contributed by atoms with Crippen LogP contribution in [-0.2, 0) is 26.8 Å². The minimum Gasteiger partial charge on any atom is -0.497 e. The van der Waals surface area contributed by atoms with Crippen molar-refractivity contribution in [3.05, 3.63) is 142 Å². The molecule has 11 nitrogen and oxygen atoms in total. The Hall–Kier alpha value is -4.90. The summed E-state index contributed by atoms with van der Waals surface area (Å²) in [5.74, 6) is 0.688. The third kappa shape index (κ3) is 9.85. The number of thioether (sulfide) groups is 1. The molecule has 5 aromatic rings. The number of benzene rings is 4. The Bertz CT molecular complexity index is 2600. The first-order chi connectivity index (χ1) is 27.9. The average molecular weight is 859 g/mol. The van der Waals surface area contributed by atoms with Crippen molar-refractivity contribution in [1.82, 2.24) is 0 Å². The molecule has 1 aromatic heterocycles. The molecule has 0 fully saturated rings. The van der Waals surface area contributed by atoms with Crippen LogP contribution in [0.4, 0.5) is 17.1 Å². The molecule has 0 unspecified atom stereocenters. The van der Waals surface area contributed by atoms with Gasteiger partial charge in [0.25, 0.3) is 25.2 Å². The van der Waals surface area contributed by atoms with Crippen LogP contribution in [0.1, 0.15) is 30.7 Å². The van der Waals surface area contributed by atoms with E-state index >= 15 is 0 Å². The van der Waals surface area contributed by atoms with Crippen molar-refractivity contribution in [2.45, 2.75) is 37.1 Å². The number of aryl methyl sites for hydroxylation is 1. The van der Waals surface area contributed by atoms with E-state index in [1.54, 1.807) is 37.3 Å². The van der Waals surface area contributed by atoms with E-state index in [1.807, 2.05) is 72.8 Å². The Labute approximate surface area is 347 Å². The summed E-state index contributed by atoms with van der Waals surface area (Å²) in [5, 5.41) is 1.85. The van der Waals surface area contributed by atoms with Gasteiger partial charge in [0.05, 0.1) is 48.2 Å². The lowest BCUT2D eigenvalue weighted by Crippen LogP contribution is -2.36. The fourth-order valence-electron chi connectivity index (χ4n) is 7.16. The molecule has 2 N–H and O–H groups in total. The molecule has 0 saturated carbocycles. The molecule has 15 heteroatoms. The molecule has 302 valence electrons. The molecule has 58 heavy (non-hydrogen) atoms. The molecular weight excluding hydrogens is 815 g/mol. The van der Waals surface area contributed by atoms with Crippen LogP contribution in [0, 0.1) is 0 Å². The van der Waals surface area contributed by atoms with Gasteiger partial charge in [-0.2, -0.15) is 21.4 Å². The number of fused-ring (bicyclic) bond motifs is 2. The monoisotopic (exact) mass is 858 g/mol. The third-order valence-electron chi connectivity index (χ3n) is 9.82. The van der Waals surface area contributed by atoms with Crippen molar-refractivity contribution in [3.8, 4) is 11.5 Å². The Morgan fingerprint density at radius 1 is 0.776 bits per heavy atom.